The number of benzene rings is 1. The van der Waals surface area contributed by atoms with Crippen LogP contribution in [0.3, 0.4) is 0 Å². The van der Waals surface area contributed by atoms with Crippen LogP contribution in [0.2, 0.25) is 0 Å². The standard InChI is InChI=1S/C18H21NO6/c1-12(18(21)19-11-14-5-4-8-24-14)25-17(20)10-13-6-7-15(22-2)16(9-13)23-3/h4-9,12H,10-11H2,1-3H3,(H,19,21)/t12-/m1/s1. The molecule has 0 bridgehead atoms. The van der Waals surface area contributed by atoms with Crippen LogP contribution in [0, 0.1) is 0 Å². The summed E-state index contributed by atoms with van der Waals surface area (Å²) < 4.78 is 20.6. The first kappa shape index (κ1) is 18.4. The number of hydrogen-bond donors (Lipinski definition) is 1. The number of esters is 1. The lowest BCUT2D eigenvalue weighted by Gasteiger charge is -2.13. The van der Waals surface area contributed by atoms with E-state index in [0.29, 0.717) is 22.8 Å². The van der Waals surface area contributed by atoms with Crippen molar-refractivity contribution in [1.29, 1.82) is 0 Å². The SMILES string of the molecule is COc1ccc(CC(=O)O[C@H](C)C(=O)NCc2ccco2)cc1OC. The van der Waals surface area contributed by atoms with Gasteiger partial charge in [-0.3, -0.25) is 9.59 Å². The third kappa shape index (κ3) is 5.27. The zero-order chi connectivity index (χ0) is 18.2. The zero-order valence-electron chi connectivity index (χ0n) is 14.4. The minimum absolute atomic E-state index is 0.0240. The Labute approximate surface area is 145 Å². The van der Waals surface area contributed by atoms with Gasteiger partial charge in [0, 0.05) is 0 Å². The molecule has 1 amide bonds. The number of ether oxygens (including phenoxy) is 3. The normalized spacial score (nSPS) is 11.5. The quantitative estimate of drug-likeness (QED) is 0.736. The van der Waals surface area contributed by atoms with Crippen LogP contribution in [0.25, 0.3) is 0 Å². The summed E-state index contributed by atoms with van der Waals surface area (Å²) in [7, 11) is 3.06. The van der Waals surface area contributed by atoms with E-state index in [-0.39, 0.29) is 13.0 Å². The Hall–Kier alpha value is -2.96. The molecule has 7 nitrogen and oxygen atoms in total. The largest absolute Gasteiger partial charge is 0.493 e. The van der Waals surface area contributed by atoms with Crippen molar-refractivity contribution in [2.75, 3.05) is 14.2 Å². The highest BCUT2D eigenvalue weighted by Crippen LogP contribution is 2.27. The molecule has 1 heterocycles. The molecular formula is C18H21NO6. The Morgan fingerprint density at radius 1 is 1.16 bits per heavy atom. The van der Waals surface area contributed by atoms with Crippen molar-refractivity contribution < 1.29 is 28.2 Å². The summed E-state index contributed by atoms with van der Waals surface area (Å²) in [5.41, 5.74) is 0.700. The van der Waals surface area contributed by atoms with E-state index in [0.717, 1.165) is 0 Å². The van der Waals surface area contributed by atoms with E-state index in [1.807, 2.05) is 0 Å². The molecule has 1 atom stereocenters. The fraction of sp³-hybridized carbons (Fsp3) is 0.333. The van der Waals surface area contributed by atoms with Crippen molar-refractivity contribution in [3.63, 3.8) is 0 Å². The molecule has 2 rings (SSSR count). The maximum absolute atomic E-state index is 12.0. The first-order valence-electron chi connectivity index (χ1n) is 7.74. The van der Waals surface area contributed by atoms with Crippen molar-refractivity contribution in [2.24, 2.45) is 0 Å². The Kier molecular flexibility index (Phi) is 6.45. The molecule has 0 saturated heterocycles. The molecule has 134 valence electrons. The Bertz CT molecular complexity index is 710. The minimum Gasteiger partial charge on any atom is -0.493 e. The molecule has 0 aliphatic carbocycles. The van der Waals surface area contributed by atoms with Crippen LogP contribution in [0.15, 0.2) is 41.0 Å². The third-order valence-corrected chi connectivity index (χ3v) is 3.49. The minimum atomic E-state index is -0.900. The lowest BCUT2D eigenvalue weighted by atomic mass is 10.1. The van der Waals surface area contributed by atoms with Gasteiger partial charge in [-0.2, -0.15) is 0 Å². The van der Waals surface area contributed by atoms with Gasteiger partial charge in [-0.15, -0.1) is 0 Å². The van der Waals surface area contributed by atoms with Gasteiger partial charge in [0.05, 0.1) is 33.4 Å². The third-order valence-electron chi connectivity index (χ3n) is 3.49. The Balaban J connectivity index is 1.85. The van der Waals surface area contributed by atoms with E-state index in [1.54, 1.807) is 30.3 Å². The van der Waals surface area contributed by atoms with E-state index in [4.69, 9.17) is 18.6 Å². The topological polar surface area (TPSA) is 87.0 Å². The molecule has 1 aromatic heterocycles. The zero-order valence-corrected chi connectivity index (χ0v) is 14.4. The van der Waals surface area contributed by atoms with Crippen molar-refractivity contribution in [1.82, 2.24) is 5.32 Å². The summed E-state index contributed by atoms with van der Waals surface area (Å²) >= 11 is 0. The van der Waals surface area contributed by atoms with Crippen LogP contribution in [0.1, 0.15) is 18.2 Å². The maximum Gasteiger partial charge on any atom is 0.311 e. The molecule has 25 heavy (non-hydrogen) atoms. The van der Waals surface area contributed by atoms with E-state index >= 15 is 0 Å². The molecule has 1 N–H and O–H groups in total. The van der Waals surface area contributed by atoms with Crippen molar-refractivity contribution in [3.8, 4) is 11.5 Å². The fourth-order valence-corrected chi connectivity index (χ4v) is 2.18. The molecular weight excluding hydrogens is 326 g/mol. The van der Waals surface area contributed by atoms with Crippen LogP contribution in [-0.2, 0) is 27.3 Å². The van der Waals surface area contributed by atoms with Crippen molar-refractivity contribution in [3.05, 3.63) is 47.9 Å². The number of methoxy groups -OCH3 is 2. The number of carbonyl (C=O) groups is 2. The van der Waals surface area contributed by atoms with E-state index in [9.17, 15) is 9.59 Å². The molecule has 0 spiro atoms. The van der Waals surface area contributed by atoms with E-state index in [1.165, 1.54) is 27.4 Å². The summed E-state index contributed by atoms with van der Waals surface area (Å²) in [6.45, 7) is 1.76. The highest BCUT2D eigenvalue weighted by Gasteiger charge is 2.18. The first-order valence-corrected chi connectivity index (χ1v) is 7.74. The average Bonchev–Trinajstić information content (AvgIpc) is 3.12. The second-order valence-corrected chi connectivity index (χ2v) is 5.30. The van der Waals surface area contributed by atoms with Gasteiger partial charge >= 0.3 is 5.97 Å². The lowest BCUT2D eigenvalue weighted by Crippen LogP contribution is -2.35. The van der Waals surface area contributed by atoms with E-state index < -0.39 is 18.0 Å². The Morgan fingerprint density at radius 2 is 1.92 bits per heavy atom. The molecule has 0 radical (unpaired) electrons. The molecule has 0 saturated carbocycles. The van der Waals surface area contributed by atoms with Gasteiger partial charge in [0.15, 0.2) is 17.6 Å². The predicted octanol–water partition coefficient (Wildman–Crippen LogP) is 2.09. The van der Waals surface area contributed by atoms with Crippen LogP contribution in [-0.4, -0.2) is 32.2 Å². The predicted molar refractivity (Wildman–Crippen MR) is 89.4 cm³/mol. The highest BCUT2D eigenvalue weighted by atomic mass is 16.5. The number of nitrogens with one attached hydrogen (secondary N) is 1. The summed E-state index contributed by atoms with van der Waals surface area (Å²) in [5.74, 6) is 0.824. The van der Waals surface area contributed by atoms with Gasteiger partial charge in [0.25, 0.3) is 5.91 Å². The summed E-state index contributed by atoms with van der Waals surface area (Å²) in [4.78, 5) is 24.0. The molecule has 1 aromatic carbocycles. The highest BCUT2D eigenvalue weighted by molar-refractivity contribution is 5.83. The molecule has 0 fully saturated rings. The second-order valence-electron chi connectivity index (χ2n) is 5.30. The molecule has 0 aliphatic rings. The van der Waals surface area contributed by atoms with Crippen LogP contribution in [0.5, 0.6) is 11.5 Å². The summed E-state index contributed by atoms with van der Waals surface area (Å²) in [6, 6.07) is 8.62. The van der Waals surface area contributed by atoms with Crippen molar-refractivity contribution in [2.45, 2.75) is 26.0 Å². The number of carbonyl (C=O) groups excluding carboxylic acids is 2. The van der Waals surface area contributed by atoms with Crippen LogP contribution in [0.4, 0.5) is 0 Å². The molecule has 2 aromatic rings. The molecule has 0 aliphatic heterocycles. The average molecular weight is 347 g/mol. The van der Waals surface area contributed by atoms with E-state index in [2.05, 4.69) is 5.32 Å². The van der Waals surface area contributed by atoms with Crippen LogP contribution < -0.4 is 14.8 Å². The smallest absolute Gasteiger partial charge is 0.311 e. The monoisotopic (exact) mass is 347 g/mol. The van der Waals surface area contributed by atoms with Crippen molar-refractivity contribution >= 4 is 11.9 Å². The number of rotatable bonds is 8. The molecule has 7 heteroatoms. The number of furan rings is 1. The lowest BCUT2D eigenvalue weighted by molar-refractivity contribution is -0.154. The van der Waals surface area contributed by atoms with Gasteiger partial charge < -0.3 is 23.9 Å². The fourth-order valence-electron chi connectivity index (χ4n) is 2.18. The van der Waals surface area contributed by atoms with Crippen LogP contribution >= 0.6 is 0 Å². The maximum atomic E-state index is 12.0. The number of hydrogen-bond acceptors (Lipinski definition) is 6. The summed E-state index contributed by atoms with van der Waals surface area (Å²) in [5, 5.41) is 2.64. The van der Waals surface area contributed by atoms with Gasteiger partial charge in [-0.05, 0) is 36.8 Å². The van der Waals surface area contributed by atoms with Gasteiger partial charge in [-0.25, -0.2) is 0 Å². The second kappa shape index (κ2) is 8.77. The van der Waals surface area contributed by atoms with Gasteiger partial charge in [-0.1, -0.05) is 6.07 Å². The van der Waals surface area contributed by atoms with Gasteiger partial charge in [0.1, 0.15) is 5.76 Å². The van der Waals surface area contributed by atoms with Gasteiger partial charge in [0.2, 0.25) is 0 Å². The summed E-state index contributed by atoms with van der Waals surface area (Å²) in [6.07, 6.45) is 0.645. The molecule has 0 unspecified atom stereocenters. The number of amides is 1. The Morgan fingerprint density at radius 3 is 2.56 bits per heavy atom. The first-order chi connectivity index (χ1) is 12.0.